The van der Waals surface area contributed by atoms with Crippen LogP contribution in [0.2, 0.25) is 0 Å². The van der Waals surface area contributed by atoms with Crippen LogP contribution in [0.15, 0.2) is 35.1 Å². The molecular formula is C15H19FN2O3S. The molecule has 0 radical (unpaired) electrons. The summed E-state index contributed by atoms with van der Waals surface area (Å²) in [7, 11) is -3.31. The minimum Gasteiger partial charge on any atom is -0.473 e. The molecule has 0 saturated heterocycles. The largest absolute Gasteiger partial charge is 0.473 e. The third-order valence-corrected chi connectivity index (χ3v) is 6.66. The first-order valence-corrected chi connectivity index (χ1v) is 8.90. The normalized spacial score (nSPS) is 27.5. The smallest absolute Gasteiger partial charge is 0.213 e. The number of ether oxygens (including phenoxy) is 1. The SMILES string of the molecule is NC/C(=C/F)COc1ccc(S(=O)(=O)C2CC3CC3C2)cn1. The number of nitrogens with zero attached hydrogens (tertiary/aromatic N) is 1. The number of rotatable bonds is 6. The van der Waals surface area contributed by atoms with Gasteiger partial charge in [0.25, 0.3) is 0 Å². The van der Waals surface area contributed by atoms with E-state index in [0.717, 1.165) is 12.8 Å². The zero-order valence-corrected chi connectivity index (χ0v) is 12.9. The van der Waals surface area contributed by atoms with Gasteiger partial charge in [0.15, 0.2) is 9.84 Å². The van der Waals surface area contributed by atoms with Crippen molar-refractivity contribution < 1.29 is 17.5 Å². The Hall–Kier alpha value is -1.47. The maximum Gasteiger partial charge on any atom is 0.213 e. The van der Waals surface area contributed by atoms with Crippen LogP contribution in [0.5, 0.6) is 5.88 Å². The maximum atomic E-state index is 12.5. The lowest BCUT2D eigenvalue weighted by molar-refractivity contribution is 0.333. The second kappa shape index (κ2) is 5.96. The van der Waals surface area contributed by atoms with Crippen molar-refractivity contribution in [1.82, 2.24) is 4.98 Å². The van der Waals surface area contributed by atoms with Crippen molar-refractivity contribution in [2.75, 3.05) is 13.2 Å². The molecule has 1 aromatic rings. The van der Waals surface area contributed by atoms with Gasteiger partial charge < -0.3 is 10.5 Å². The average Bonchev–Trinajstić information content (AvgIpc) is 3.14. The molecule has 5 nitrogen and oxygen atoms in total. The predicted molar refractivity (Wildman–Crippen MR) is 79.8 cm³/mol. The highest BCUT2D eigenvalue weighted by molar-refractivity contribution is 7.92. The monoisotopic (exact) mass is 326 g/mol. The molecule has 120 valence electrons. The molecule has 2 atom stereocenters. The average molecular weight is 326 g/mol. The molecule has 3 rings (SSSR count). The first-order chi connectivity index (χ1) is 10.5. The molecule has 1 heterocycles. The highest BCUT2D eigenvalue weighted by Gasteiger charge is 2.50. The van der Waals surface area contributed by atoms with Crippen LogP contribution in [0.3, 0.4) is 0 Å². The van der Waals surface area contributed by atoms with Gasteiger partial charge in [0, 0.05) is 24.4 Å². The van der Waals surface area contributed by atoms with Crippen molar-refractivity contribution in [3.8, 4) is 5.88 Å². The number of nitrogens with two attached hydrogens (primary N) is 1. The Morgan fingerprint density at radius 3 is 2.64 bits per heavy atom. The Labute approximate surface area is 129 Å². The van der Waals surface area contributed by atoms with E-state index in [-0.39, 0.29) is 29.2 Å². The van der Waals surface area contributed by atoms with Crippen LogP contribution in [-0.4, -0.2) is 31.8 Å². The predicted octanol–water partition coefficient (Wildman–Crippen LogP) is 1.84. The molecule has 22 heavy (non-hydrogen) atoms. The molecular weight excluding hydrogens is 307 g/mol. The van der Waals surface area contributed by atoms with E-state index in [1.807, 2.05) is 0 Å². The Morgan fingerprint density at radius 2 is 2.09 bits per heavy atom. The summed E-state index contributed by atoms with van der Waals surface area (Å²) < 4.78 is 42.7. The van der Waals surface area contributed by atoms with Gasteiger partial charge >= 0.3 is 0 Å². The first-order valence-electron chi connectivity index (χ1n) is 7.35. The third-order valence-electron chi connectivity index (χ3n) is 4.50. The van der Waals surface area contributed by atoms with Gasteiger partial charge in [0.05, 0.1) is 16.5 Å². The molecule has 2 aliphatic rings. The zero-order valence-electron chi connectivity index (χ0n) is 12.1. The highest BCUT2D eigenvalue weighted by Crippen LogP contribution is 2.54. The van der Waals surface area contributed by atoms with E-state index in [9.17, 15) is 12.8 Å². The topological polar surface area (TPSA) is 82.3 Å². The van der Waals surface area contributed by atoms with Crippen LogP contribution in [0, 0.1) is 11.8 Å². The van der Waals surface area contributed by atoms with E-state index in [1.165, 1.54) is 24.8 Å². The summed E-state index contributed by atoms with van der Waals surface area (Å²) in [4.78, 5) is 4.22. The Bertz CT molecular complexity index is 663. The number of hydrogen-bond acceptors (Lipinski definition) is 5. The van der Waals surface area contributed by atoms with Gasteiger partial charge in [-0.15, -0.1) is 0 Å². The van der Waals surface area contributed by atoms with Gasteiger partial charge in [0.2, 0.25) is 5.88 Å². The molecule has 0 aliphatic heterocycles. The van der Waals surface area contributed by atoms with Crippen LogP contribution in [0.25, 0.3) is 0 Å². The molecule has 2 saturated carbocycles. The van der Waals surface area contributed by atoms with Gasteiger partial charge in [0.1, 0.15) is 6.61 Å². The molecule has 0 amide bonds. The van der Waals surface area contributed by atoms with Crippen molar-refractivity contribution in [3.63, 3.8) is 0 Å². The minimum atomic E-state index is -3.31. The second-order valence-corrected chi connectivity index (χ2v) is 8.21. The van der Waals surface area contributed by atoms with Crippen molar-refractivity contribution in [3.05, 3.63) is 30.2 Å². The number of hydrogen-bond donors (Lipinski definition) is 1. The van der Waals surface area contributed by atoms with E-state index in [0.29, 0.717) is 23.7 Å². The standard InChI is InChI=1S/C15H19FN2O3S/c16-6-10(7-17)9-21-15-2-1-13(8-18-15)22(19,20)14-4-11-3-12(11)5-14/h1-2,6,8,11-12,14H,3-5,7,9,17H2/b10-6-. The van der Waals surface area contributed by atoms with Crippen LogP contribution in [0.1, 0.15) is 19.3 Å². The van der Waals surface area contributed by atoms with E-state index in [2.05, 4.69) is 4.98 Å². The summed E-state index contributed by atoms with van der Waals surface area (Å²) in [5.74, 6) is 1.47. The van der Waals surface area contributed by atoms with Crippen molar-refractivity contribution in [2.24, 2.45) is 17.6 Å². The molecule has 7 heteroatoms. The number of halogens is 1. The molecule has 0 spiro atoms. The molecule has 2 fully saturated rings. The lowest BCUT2D eigenvalue weighted by Gasteiger charge is -2.13. The molecule has 2 unspecified atom stereocenters. The second-order valence-electron chi connectivity index (χ2n) is 5.99. The lowest BCUT2D eigenvalue weighted by Crippen LogP contribution is -2.20. The fourth-order valence-electron chi connectivity index (χ4n) is 3.03. The van der Waals surface area contributed by atoms with Gasteiger partial charge in [-0.25, -0.2) is 17.8 Å². The summed E-state index contributed by atoms with van der Waals surface area (Å²) in [5.41, 5.74) is 5.63. The number of fused-ring (bicyclic) bond motifs is 1. The zero-order chi connectivity index (χ0) is 15.7. The first kappa shape index (κ1) is 15.4. The Morgan fingerprint density at radius 1 is 1.36 bits per heavy atom. The fourth-order valence-corrected chi connectivity index (χ4v) is 4.87. The molecule has 1 aromatic heterocycles. The van der Waals surface area contributed by atoms with E-state index in [4.69, 9.17) is 10.5 Å². The van der Waals surface area contributed by atoms with Gasteiger partial charge in [-0.1, -0.05) is 0 Å². The Kier molecular flexibility index (Phi) is 4.18. The van der Waals surface area contributed by atoms with E-state index in [1.54, 1.807) is 0 Å². The quantitative estimate of drug-likeness (QED) is 0.862. The Balaban J connectivity index is 1.66. The van der Waals surface area contributed by atoms with Gasteiger partial charge in [-0.3, -0.25) is 0 Å². The summed E-state index contributed by atoms with van der Waals surface area (Å²) in [6.07, 6.45) is 4.45. The van der Waals surface area contributed by atoms with Crippen molar-refractivity contribution >= 4 is 9.84 Å². The van der Waals surface area contributed by atoms with Crippen molar-refractivity contribution in [1.29, 1.82) is 0 Å². The summed E-state index contributed by atoms with van der Waals surface area (Å²) in [5, 5.41) is -0.275. The van der Waals surface area contributed by atoms with Crippen molar-refractivity contribution in [2.45, 2.75) is 29.4 Å². The minimum absolute atomic E-state index is 0.00190. The number of pyridine rings is 1. The molecule has 0 bridgehead atoms. The third kappa shape index (κ3) is 3.01. The van der Waals surface area contributed by atoms with Crippen LogP contribution >= 0.6 is 0 Å². The van der Waals surface area contributed by atoms with E-state index < -0.39 is 9.84 Å². The number of aromatic nitrogens is 1. The van der Waals surface area contributed by atoms with Crippen LogP contribution in [-0.2, 0) is 9.84 Å². The van der Waals surface area contributed by atoms with Gasteiger partial charge in [-0.2, -0.15) is 0 Å². The van der Waals surface area contributed by atoms with Crippen LogP contribution < -0.4 is 10.5 Å². The van der Waals surface area contributed by atoms with E-state index >= 15 is 0 Å². The summed E-state index contributed by atoms with van der Waals surface area (Å²) in [6, 6.07) is 3.00. The van der Waals surface area contributed by atoms with Crippen LogP contribution in [0.4, 0.5) is 4.39 Å². The number of sulfone groups is 1. The molecule has 0 aromatic carbocycles. The summed E-state index contributed by atoms with van der Waals surface area (Å²) in [6.45, 7) is 0.0606. The molecule has 2 aliphatic carbocycles. The molecule has 2 N–H and O–H groups in total. The lowest BCUT2D eigenvalue weighted by atomic mass is 10.2. The summed E-state index contributed by atoms with van der Waals surface area (Å²) >= 11 is 0. The van der Waals surface area contributed by atoms with Gasteiger partial charge in [-0.05, 0) is 37.2 Å². The highest BCUT2D eigenvalue weighted by atomic mass is 32.2. The fraction of sp³-hybridized carbons (Fsp3) is 0.533. The maximum absolute atomic E-state index is 12.5.